The summed E-state index contributed by atoms with van der Waals surface area (Å²) in [7, 11) is 1.54. The number of carbonyl (C=O) groups excluding carboxylic acids is 1. The molecule has 2 aliphatic rings. The van der Waals surface area contributed by atoms with Crippen LogP contribution in [-0.4, -0.2) is 41.3 Å². The minimum atomic E-state index is -1.14. The van der Waals surface area contributed by atoms with E-state index in [0.717, 1.165) is 24.0 Å². The number of rotatable bonds is 4. The first-order chi connectivity index (χ1) is 13.0. The molecule has 1 saturated carbocycles. The lowest BCUT2D eigenvalue weighted by molar-refractivity contribution is -0.149. The van der Waals surface area contributed by atoms with Crippen LogP contribution in [0.4, 0.5) is 4.79 Å². The molecule has 1 amide bonds. The van der Waals surface area contributed by atoms with Gasteiger partial charge in [-0.05, 0) is 35.1 Å². The Bertz CT molecular complexity index is 840. The zero-order valence-electron chi connectivity index (χ0n) is 15.4. The summed E-state index contributed by atoms with van der Waals surface area (Å²) >= 11 is 0. The number of ether oxygens (including phenoxy) is 1. The van der Waals surface area contributed by atoms with Crippen molar-refractivity contribution in [3.8, 4) is 11.1 Å². The van der Waals surface area contributed by atoms with E-state index in [1.807, 2.05) is 24.3 Å². The lowest BCUT2D eigenvalue weighted by Gasteiger charge is -2.34. The first-order valence-electron chi connectivity index (χ1n) is 9.37. The second-order valence-electron chi connectivity index (χ2n) is 7.41. The molecule has 0 aliphatic heterocycles. The largest absolute Gasteiger partial charge is 0.479 e. The summed E-state index contributed by atoms with van der Waals surface area (Å²) in [6, 6.07) is 16.3. The molecule has 0 saturated heterocycles. The molecule has 0 heterocycles. The van der Waals surface area contributed by atoms with Crippen molar-refractivity contribution in [2.24, 2.45) is 0 Å². The fourth-order valence-corrected chi connectivity index (χ4v) is 4.52. The molecule has 2 aromatic rings. The summed E-state index contributed by atoms with van der Waals surface area (Å²) in [6.45, 7) is 0.201. The Labute approximate surface area is 158 Å². The van der Waals surface area contributed by atoms with Crippen LogP contribution in [0.25, 0.3) is 11.1 Å². The van der Waals surface area contributed by atoms with Crippen LogP contribution in [0.1, 0.15) is 42.7 Å². The van der Waals surface area contributed by atoms with Gasteiger partial charge < -0.3 is 9.84 Å². The number of nitrogens with zero attached hydrogens (tertiary/aromatic N) is 1. The summed E-state index contributed by atoms with van der Waals surface area (Å²) in [6.07, 6.45) is 2.01. The van der Waals surface area contributed by atoms with E-state index in [9.17, 15) is 14.7 Å². The highest BCUT2D eigenvalue weighted by atomic mass is 16.6. The molecule has 0 aromatic heterocycles. The molecule has 0 spiro atoms. The average molecular weight is 365 g/mol. The van der Waals surface area contributed by atoms with Gasteiger partial charge in [-0.1, -0.05) is 61.4 Å². The Kier molecular flexibility index (Phi) is 4.38. The fourth-order valence-electron chi connectivity index (χ4n) is 4.52. The molecule has 2 aromatic carbocycles. The van der Waals surface area contributed by atoms with Crippen LogP contribution in [-0.2, 0) is 9.53 Å². The zero-order valence-corrected chi connectivity index (χ0v) is 15.4. The van der Waals surface area contributed by atoms with Crippen molar-refractivity contribution in [1.82, 2.24) is 4.90 Å². The third-order valence-corrected chi connectivity index (χ3v) is 6.08. The maximum atomic E-state index is 12.7. The van der Waals surface area contributed by atoms with Crippen LogP contribution in [0.5, 0.6) is 0 Å². The van der Waals surface area contributed by atoms with E-state index >= 15 is 0 Å². The molecule has 2 aliphatic carbocycles. The Morgan fingerprint density at radius 2 is 1.56 bits per heavy atom. The monoisotopic (exact) mass is 365 g/mol. The number of carboxylic acid groups (broad SMARTS) is 1. The summed E-state index contributed by atoms with van der Waals surface area (Å²) in [5.74, 6) is -0.977. The Morgan fingerprint density at radius 1 is 1.04 bits per heavy atom. The summed E-state index contributed by atoms with van der Waals surface area (Å²) in [5.41, 5.74) is 3.48. The van der Waals surface area contributed by atoms with Crippen LogP contribution in [0.2, 0.25) is 0 Å². The van der Waals surface area contributed by atoms with E-state index in [1.165, 1.54) is 23.1 Å². The third-order valence-electron chi connectivity index (χ3n) is 6.08. The number of likely N-dealkylation sites (N-methyl/N-ethyl adjacent to an activating group) is 1. The molecular formula is C22H23NO4. The quantitative estimate of drug-likeness (QED) is 0.879. The number of carboxylic acids is 1. The normalized spacial score (nSPS) is 17.2. The molecule has 5 nitrogen and oxygen atoms in total. The van der Waals surface area contributed by atoms with Gasteiger partial charge in [-0.25, -0.2) is 9.59 Å². The molecule has 1 N–H and O–H groups in total. The predicted octanol–water partition coefficient (Wildman–Crippen LogP) is 4.26. The van der Waals surface area contributed by atoms with Gasteiger partial charge in [-0.2, -0.15) is 0 Å². The molecule has 0 unspecified atom stereocenters. The molecule has 0 radical (unpaired) electrons. The van der Waals surface area contributed by atoms with Crippen molar-refractivity contribution in [1.29, 1.82) is 0 Å². The Balaban J connectivity index is 1.54. The highest BCUT2D eigenvalue weighted by molar-refractivity contribution is 5.85. The number of benzene rings is 2. The van der Waals surface area contributed by atoms with Crippen LogP contribution < -0.4 is 0 Å². The minimum Gasteiger partial charge on any atom is -0.479 e. The second-order valence-corrected chi connectivity index (χ2v) is 7.41. The van der Waals surface area contributed by atoms with Crippen molar-refractivity contribution >= 4 is 12.1 Å². The van der Waals surface area contributed by atoms with Crippen LogP contribution in [0.3, 0.4) is 0 Å². The highest BCUT2D eigenvalue weighted by Gasteiger charge is 2.47. The summed E-state index contributed by atoms with van der Waals surface area (Å²) < 4.78 is 5.61. The van der Waals surface area contributed by atoms with E-state index in [1.54, 1.807) is 0 Å². The molecular weight excluding hydrogens is 342 g/mol. The van der Waals surface area contributed by atoms with E-state index in [4.69, 9.17) is 4.74 Å². The number of amides is 1. The van der Waals surface area contributed by atoms with Crippen molar-refractivity contribution in [2.45, 2.75) is 37.1 Å². The van der Waals surface area contributed by atoms with Crippen LogP contribution in [0, 0.1) is 0 Å². The van der Waals surface area contributed by atoms with E-state index in [-0.39, 0.29) is 12.5 Å². The average Bonchev–Trinajstić information content (AvgIpc) is 3.30. The van der Waals surface area contributed by atoms with Crippen LogP contribution >= 0.6 is 0 Å². The van der Waals surface area contributed by atoms with Crippen molar-refractivity contribution in [3.63, 3.8) is 0 Å². The molecule has 140 valence electrons. The first-order valence-corrected chi connectivity index (χ1v) is 9.37. The van der Waals surface area contributed by atoms with Crippen molar-refractivity contribution in [2.75, 3.05) is 13.7 Å². The van der Waals surface area contributed by atoms with Gasteiger partial charge in [0.2, 0.25) is 0 Å². The van der Waals surface area contributed by atoms with E-state index < -0.39 is 17.6 Å². The van der Waals surface area contributed by atoms with Gasteiger partial charge in [0, 0.05) is 13.0 Å². The standard InChI is InChI=1S/C22H23NO4/c1-23(22(20(24)25)12-6-7-13-22)21(26)27-14-19-17-10-4-2-8-15(17)16-9-3-5-11-18(16)19/h2-5,8-11,19H,6-7,12-14H2,1H3,(H,24,25). The van der Waals surface area contributed by atoms with Gasteiger partial charge in [0.05, 0.1) is 0 Å². The number of aliphatic carboxylic acids is 1. The van der Waals surface area contributed by atoms with Crippen LogP contribution in [0.15, 0.2) is 48.5 Å². The number of fused-ring (bicyclic) bond motifs is 3. The minimum absolute atomic E-state index is 0.0286. The molecule has 5 heteroatoms. The van der Waals surface area contributed by atoms with Gasteiger partial charge in [0.1, 0.15) is 12.1 Å². The fraction of sp³-hybridized carbons (Fsp3) is 0.364. The second kappa shape index (κ2) is 6.72. The maximum Gasteiger partial charge on any atom is 0.410 e. The first kappa shape index (κ1) is 17.6. The zero-order chi connectivity index (χ0) is 19.0. The maximum absolute atomic E-state index is 12.7. The van der Waals surface area contributed by atoms with Gasteiger partial charge in [0.25, 0.3) is 0 Å². The van der Waals surface area contributed by atoms with Gasteiger partial charge in [-0.15, -0.1) is 0 Å². The molecule has 1 fully saturated rings. The van der Waals surface area contributed by atoms with E-state index in [0.29, 0.717) is 12.8 Å². The smallest absolute Gasteiger partial charge is 0.410 e. The highest BCUT2D eigenvalue weighted by Crippen LogP contribution is 2.44. The predicted molar refractivity (Wildman–Crippen MR) is 102 cm³/mol. The topological polar surface area (TPSA) is 66.8 Å². The molecule has 0 bridgehead atoms. The number of hydrogen-bond donors (Lipinski definition) is 1. The summed E-state index contributed by atoms with van der Waals surface area (Å²) in [4.78, 5) is 25.8. The lowest BCUT2D eigenvalue weighted by atomic mass is 9.96. The van der Waals surface area contributed by atoms with Gasteiger partial charge >= 0.3 is 12.1 Å². The third kappa shape index (κ3) is 2.78. The summed E-state index contributed by atoms with van der Waals surface area (Å²) in [5, 5.41) is 9.67. The Morgan fingerprint density at radius 3 is 2.07 bits per heavy atom. The SMILES string of the molecule is CN(C(=O)OCC1c2ccccc2-c2ccccc21)C1(C(=O)O)CCCC1. The lowest BCUT2D eigenvalue weighted by Crippen LogP contribution is -2.53. The van der Waals surface area contributed by atoms with Crippen molar-refractivity contribution in [3.05, 3.63) is 59.7 Å². The van der Waals surface area contributed by atoms with E-state index in [2.05, 4.69) is 24.3 Å². The van der Waals surface area contributed by atoms with Gasteiger partial charge in [0.15, 0.2) is 0 Å². The molecule has 4 rings (SSSR count). The number of hydrogen-bond acceptors (Lipinski definition) is 3. The molecule has 0 atom stereocenters. The Hall–Kier alpha value is -2.82. The van der Waals surface area contributed by atoms with Crippen molar-refractivity contribution < 1.29 is 19.4 Å². The molecule has 27 heavy (non-hydrogen) atoms. The van der Waals surface area contributed by atoms with Gasteiger partial charge in [-0.3, -0.25) is 4.90 Å². The number of carbonyl (C=O) groups is 2.